The Kier molecular flexibility index (Phi) is 5.65. The van der Waals surface area contributed by atoms with Crippen LogP contribution in [0.2, 0.25) is 0 Å². The van der Waals surface area contributed by atoms with E-state index in [9.17, 15) is 14.4 Å². The number of aromatic nitrogens is 4. The first-order chi connectivity index (χ1) is 14.8. The van der Waals surface area contributed by atoms with Crippen molar-refractivity contribution in [3.05, 3.63) is 33.2 Å². The van der Waals surface area contributed by atoms with Gasteiger partial charge in [-0.15, -0.1) is 11.3 Å². The molecule has 0 aliphatic carbocycles. The molecule has 4 heterocycles. The molecule has 3 aromatic heterocycles. The lowest BCUT2D eigenvalue weighted by Crippen LogP contribution is -2.44. The topological polar surface area (TPSA) is 116 Å². The molecule has 164 valence electrons. The van der Waals surface area contributed by atoms with Crippen molar-refractivity contribution < 1.29 is 9.59 Å². The molecule has 0 radical (unpaired) electrons. The van der Waals surface area contributed by atoms with E-state index in [1.54, 1.807) is 4.90 Å². The largest absolute Gasteiger partial charge is 0.364 e. The van der Waals surface area contributed by atoms with Crippen LogP contribution in [0.4, 0.5) is 0 Å². The van der Waals surface area contributed by atoms with Crippen molar-refractivity contribution in [3.8, 4) is 10.7 Å². The Labute approximate surface area is 183 Å². The third kappa shape index (κ3) is 3.76. The van der Waals surface area contributed by atoms with Crippen LogP contribution < -0.4 is 11.4 Å². The molecule has 2 amide bonds. The van der Waals surface area contributed by atoms with Gasteiger partial charge in [0.15, 0.2) is 17.2 Å². The summed E-state index contributed by atoms with van der Waals surface area (Å²) in [5.41, 5.74) is 5.74. The summed E-state index contributed by atoms with van der Waals surface area (Å²) in [7, 11) is 0. The molecule has 1 fully saturated rings. The average molecular weight is 443 g/mol. The predicted molar refractivity (Wildman–Crippen MR) is 119 cm³/mol. The molecule has 1 saturated heterocycles. The molecule has 9 nitrogen and oxygen atoms in total. The lowest BCUT2D eigenvalue weighted by molar-refractivity contribution is -0.135. The Bertz CT molecular complexity index is 1220. The molecule has 1 atom stereocenters. The smallest absolute Gasteiger partial charge is 0.330 e. The molecule has 3 aromatic rings. The lowest BCUT2D eigenvalue weighted by atomic mass is 10.0. The maximum Gasteiger partial charge on any atom is 0.330 e. The van der Waals surface area contributed by atoms with Crippen LogP contribution in [0, 0.1) is 6.92 Å². The van der Waals surface area contributed by atoms with E-state index < -0.39 is 11.6 Å². The van der Waals surface area contributed by atoms with E-state index in [4.69, 9.17) is 5.73 Å². The van der Waals surface area contributed by atoms with Gasteiger partial charge >= 0.3 is 5.69 Å². The summed E-state index contributed by atoms with van der Waals surface area (Å²) in [6.45, 7) is 6.64. The molecular formula is C21H26N6O3S. The molecule has 4 rings (SSSR count). The molecule has 1 aliphatic rings. The zero-order valence-electron chi connectivity index (χ0n) is 17.9. The van der Waals surface area contributed by atoms with Crippen molar-refractivity contribution in [2.24, 2.45) is 5.73 Å². The van der Waals surface area contributed by atoms with Crippen LogP contribution in [0.1, 0.15) is 48.5 Å². The minimum atomic E-state index is -0.761. The highest BCUT2D eigenvalue weighted by Gasteiger charge is 2.28. The van der Waals surface area contributed by atoms with Gasteiger partial charge in [0.05, 0.1) is 4.88 Å². The summed E-state index contributed by atoms with van der Waals surface area (Å²) in [5, 5.41) is 0. The Morgan fingerprint density at radius 3 is 2.61 bits per heavy atom. The average Bonchev–Trinajstić information content (AvgIpc) is 3.28. The molecule has 0 saturated carbocycles. The van der Waals surface area contributed by atoms with Gasteiger partial charge < -0.3 is 10.6 Å². The van der Waals surface area contributed by atoms with Crippen molar-refractivity contribution in [1.29, 1.82) is 0 Å². The summed E-state index contributed by atoms with van der Waals surface area (Å²) < 4.78 is 2.76. The Morgan fingerprint density at radius 1 is 1.23 bits per heavy atom. The van der Waals surface area contributed by atoms with E-state index in [2.05, 4.69) is 9.97 Å². The third-order valence-corrected chi connectivity index (χ3v) is 6.78. The molecule has 0 aromatic carbocycles. The summed E-state index contributed by atoms with van der Waals surface area (Å²) in [6.07, 6.45) is 2.97. The second-order valence-corrected chi connectivity index (χ2v) is 9.18. The number of primary amides is 1. The van der Waals surface area contributed by atoms with Crippen LogP contribution in [-0.2, 0) is 17.9 Å². The molecule has 31 heavy (non-hydrogen) atoms. The summed E-state index contributed by atoms with van der Waals surface area (Å²) >= 11 is 1.49. The maximum atomic E-state index is 13.2. The Hall–Kier alpha value is -3.01. The minimum absolute atomic E-state index is 0.0464. The standard InChI is InChI=1S/C21H26N6O3S/c1-4-25-20-17(16(18(22)29)23-19(24-20)14-9-8-13(3)31-14)27(21(25)30)11-15(28)26-10-6-5-7-12(26)2/h8-9,12H,4-7,10-11H2,1-3H3,(H2,22,29). The highest BCUT2D eigenvalue weighted by Crippen LogP contribution is 2.27. The number of nitrogens with zero attached hydrogens (tertiary/aromatic N) is 5. The lowest BCUT2D eigenvalue weighted by Gasteiger charge is -2.33. The first-order valence-electron chi connectivity index (χ1n) is 10.5. The number of imidazole rings is 1. The summed E-state index contributed by atoms with van der Waals surface area (Å²) in [5.74, 6) is -0.574. The molecule has 10 heteroatoms. The number of aryl methyl sites for hydroxylation is 2. The number of fused-ring (bicyclic) bond motifs is 1. The fraction of sp³-hybridized carbons (Fsp3) is 0.476. The van der Waals surface area contributed by atoms with Gasteiger partial charge in [0.25, 0.3) is 5.91 Å². The molecule has 0 bridgehead atoms. The fourth-order valence-corrected chi connectivity index (χ4v) is 4.98. The number of likely N-dealkylation sites (tertiary alicyclic amines) is 1. The van der Waals surface area contributed by atoms with Crippen molar-refractivity contribution >= 4 is 34.3 Å². The van der Waals surface area contributed by atoms with E-state index in [-0.39, 0.29) is 29.7 Å². The highest BCUT2D eigenvalue weighted by atomic mass is 32.1. The number of amides is 2. The van der Waals surface area contributed by atoms with Crippen molar-refractivity contribution in [3.63, 3.8) is 0 Å². The van der Waals surface area contributed by atoms with Crippen molar-refractivity contribution in [2.75, 3.05) is 6.54 Å². The van der Waals surface area contributed by atoms with Gasteiger partial charge in [0, 0.05) is 24.0 Å². The van der Waals surface area contributed by atoms with E-state index in [0.29, 0.717) is 24.6 Å². The molecule has 1 unspecified atom stereocenters. The number of hydrogen-bond donors (Lipinski definition) is 1. The number of piperidine rings is 1. The molecular weight excluding hydrogens is 416 g/mol. The van der Waals surface area contributed by atoms with Gasteiger partial charge in [0.1, 0.15) is 12.1 Å². The zero-order chi connectivity index (χ0) is 22.3. The minimum Gasteiger partial charge on any atom is -0.364 e. The molecule has 2 N–H and O–H groups in total. The Morgan fingerprint density at radius 2 is 2.00 bits per heavy atom. The van der Waals surface area contributed by atoms with Gasteiger partial charge in [-0.05, 0) is 52.2 Å². The van der Waals surface area contributed by atoms with Crippen LogP contribution in [-0.4, -0.2) is 48.4 Å². The van der Waals surface area contributed by atoms with Crippen LogP contribution in [0.25, 0.3) is 21.9 Å². The van der Waals surface area contributed by atoms with Gasteiger partial charge in [-0.1, -0.05) is 0 Å². The van der Waals surface area contributed by atoms with Crippen LogP contribution in [0.3, 0.4) is 0 Å². The third-order valence-electron chi connectivity index (χ3n) is 5.78. The van der Waals surface area contributed by atoms with Crippen molar-refractivity contribution in [1.82, 2.24) is 24.0 Å². The molecule has 0 spiro atoms. The number of rotatable bonds is 5. The Balaban J connectivity index is 1.88. The highest BCUT2D eigenvalue weighted by molar-refractivity contribution is 7.15. The van der Waals surface area contributed by atoms with Gasteiger partial charge in [-0.25, -0.2) is 14.8 Å². The van der Waals surface area contributed by atoms with Gasteiger partial charge in [-0.2, -0.15) is 0 Å². The normalized spacial score (nSPS) is 16.7. The van der Waals surface area contributed by atoms with Crippen LogP contribution in [0.5, 0.6) is 0 Å². The van der Waals surface area contributed by atoms with Crippen LogP contribution >= 0.6 is 11.3 Å². The number of thiophene rings is 1. The van der Waals surface area contributed by atoms with Gasteiger partial charge in [0.2, 0.25) is 5.91 Å². The number of nitrogens with two attached hydrogens (primary N) is 1. The van der Waals surface area contributed by atoms with Crippen LogP contribution in [0.15, 0.2) is 16.9 Å². The number of carbonyl (C=O) groups is 2. The zero-order valence-corrected chi connectivity index (χ0v) is 18.7. The quantitative estimate of drug-likeness (QED) is 0.650. The molecule has 1 aliphatic heterocycles. The van der Waals surface area contributed by atoms with E-state index in [1.165, 1.54) is 20.5 Å². The number of hydrogen-bond acceptors (Lipinski definition) is 6. The van der Waals surface area contributed by atoms with Crippen molar-refractivity contribution in [2.45, 2.75) is 59.2 Å². The maximum absolute atomic E-state index is 13.2. The SMILES string of the molecule is CCn1c(=O)n(CC(=O)N2CCCCC2C)c2c(C(N)=O)nc(-c3ccc(C)s3)nc21. The fourth-order valence-electron chi connectivity index (χ4n) is 4.17. The predicted octanol–water partition coefficient (Wildman–Crippen LogP) is 2.15. The van der Waals surface area contributed by atoms with E-state index in [0.717, 1.165) is 29.0 Å². The van der Waals surface area contributed by atoms with Gasteiger partial charge in [-0.3, -0.25) is 18.7 Å². The monoisotopic (exact) mass is 442 g/mol. The second kappa shape index (κ2) is 8.26. The summed E-state index contributed by atoms with van der Waals surface area (Å²) in [6, 6.07) is 3.93. The second-order valence-electron chi connectivity index (χ2n) is 7.89. The van der Waals surface area contributed by atoms with E-state index >= 15 is 0 Å². The first kappa shape index (κ1) is 21.2. The number of carbonyl (C=O) groups excluding carboxylic acids is 2. The first-order valence-corrected chi connectivity index (χ1v) is 11.3. The summed E-state index contributed by atoms with van der Waals surface area (Å²) in [4.78, 5) is 51.2. The van der Waals surface area contributed by atoms with E-state index in [1.807, 2.05) is 32.9 Å².